The Morgan fingerprint density at radius 1 is 1.16 bits per heavy atom. The van der Waals surface area contributed by atoms with Crippen molar-refractivity contribution in [3.8, 4) is 0 Å². The number of carbonyl (C=O) groups excluding carboxylic acids is 2. The normalized spacial score (nSPS) is 18.0. The fourth-order valence-electron chi connectivity index (χ4n) is 4.01. The van der Waals surface area contributed by atoms with E-state index in [0.717, 1.165) is 27.8 Å². The molecule has 1 fully saturated rings. The zero-order valence-electron chi connectivity index (χ0n) is 15.9. The number of ether oxygens (including phenoxy) is 1. The second-order valence-corrected chi connectivity index (χ2v) is 6.98. The lowest BCUT2D eigenvalue weighted by atomic mass is 9.75. The first kappa shape index (κ1) is 19.4. The summed E-state index contributed by atoms with van der Waals surface area (Å²) >= 11 is 0. The average molecular weight is 344 g/mol. The molecule has 2 rings (SSSR count). The van der Waals surface area contributed by atoms with Gasteiger partial charge < -0.3 is 9.84 Å². The highest BCUT2D eigenvalue weighted by molar-refractivity contribution is 6.22. The summed E-state index contributed by atoms with van der Waals surface area (Å²) in [5.41, 5.74) is 5.60. The Hall–Kier alpha value is -1.94. The van der Waals surface area contributed by atoms with Crippen molar-refractivity contribution in [2.24, 2.45) is 0 Å². The smallest absolute Gasteiger partial charge is 0.170 e. The minimum absolute atomic E-state index is 0.0256. The van der Waals surface area contributed by atoms with Crippen LogP contribution in [0.2, 0.25) is 0 Å². The van der Waals surface area contributed by atoms with Crippen LogP contribution >= 0.6 is 0 Å². The molecule has 1 aromatic rings. The zero-order chi connectivity index (χ0) is 18.7. The Bertz CT molecular complexity index is 708. The fourth-order valence-corrected chi connectivity index (χ4v) is 4.01. The number of ketones is 2. The lowest BCUT2D eigenvalue weighted by Crippen LogP contribution is -2.27. The molecule has 0 bridgehead atoms. The van der Waals surface area contributed by atoms with E-state index in [0.29, 0.717) is 19.4 Å². The first-order valence-corrected chi connectivity index (χ1v) is 8.88. The molecule has 0 aliphatic heterocycles. The topological polar surface area (TPSA) is 63.6 Å². The fraction of sp³-hybridized carbons (Fsp3) is 0.524. The Morgan fingerprint density at radius 3 is 2.28 bits per heavy atom. The zero-order valence-corrected chi connectivity index (χ0v) is 15.9. The van der Waals surface area contributed by atoms with Gasteiger partial charge in [-0.1, -0.05) is 13.0 Å². The van der Waals surface area contributed by atoms with Gasteiger partial charge in [-0.15, -0.1) is 0 Å². The molecule has 0 amide bonds. The molecule has 4 nitrogen and oxygen atoms in total. The van der Waals surface area contributed by atoms with Crippen LogP contribution in [0, 0.1) is 20.8 Å². The molecule has 1 aromatic carbocycles. The third kappa shape index (κ3) is 3.84. The number of aryl methyl sites for hydroxylation is 2. The molecule has 0 atom stereocenters. The minimum Gasteiger partial charge on any atom is -0.511 e. The molecule has 136 valence electrons. The number of aliphatic hydroxyl groups excluding tert-OH is 1. The number of Topliss-reactive ketones (excluding diaryl/α,β-unsaturated/α-hetero) is 2. The average Bonchev–Trinajstić information content (AvgIpc) is 2.51. The quantitative estimate of drug-likeness (QED) is 0.489. The molecule has 1 N–H and O–H groups in total. The predicted octanol–water partition coefficient (Wildman–Crippen LogP) is 4.39. The van der Waals surface area contributed by atoms with Crippen LogP contribution in [0.4, 0.5) is 0 Å². The van der Waals surface area contributed by atoms with Gasteiger partial charge >= 0.3 is 0 Å². The number of carbonyl (C=O) groups is 2. The van der Waals surface area contributed by atoms with Crippen LogP contribution in [0.25, 0.3) is 0 Å². The number of benzene rings is 1. The van der Waals surface area contributed by atoms with Crippen molar-refractivity contribution in [2.45, 2.75) is 65.9 Å². The van der Waals surface area contributed by atoms with Gasteiger partial charge in [0, 0.05) is 26.4 Å². The van der Waals surface area contributed by atoms with Gasteiger partial charge in [0.1, 0.15) is 5.76 Å². The van der Waals surface area contributed by atoms with Gasteiger partial charge in [0.25, 0.3) is 0 Å². The Balaban J connectivity index is 2.43. The molecule has 0 radical (unpaired) electrons. The summed E-state index contributed by atoms with van der Waals surface area (Å²) in [5.74, 6) is -0.650. The highest BCUT2D eigenvalue weighted by Gasteiger charge is 2.35. The van der Waals surface area contributed by atoms with Crippen molar-refractivity contribution in [3.05, 3.63) is 45.2 Å². The number of rotatable bonds is 5. The number of allylic oxidation sites excluding steroid dienone is 2. The maximum absolute atomic E-state index is 12.5. The van der Waals surface area contributed by atoms with Crippen molar-refractivity contribution in [1.82, 2.24) is 0 Å². The molecule has 0 aromatic heterocycles. The third-order valence-electron chi connectivity index (χ3n) is 5.08. The van der Waals surface area contributed by atoms with Gasteiger partial charge in [0.05, 0.1) is 12.2 Å². The van der Waals surface area contributed by atoms with E-state index in [2.05, 4.69) is 13.0 Å². The van der Waals surface area contributed by atoms with Gasteiger partial charge in [-0.05, 0) is 60.9 Å². The summed E-state index contributed by atoms with van der Waals surface area (Å²) < 4.78 is 5.32. The maximum atomic E-state index is 12.5. The summed E-state index contributed by atoms with van der Waals surface area (Å²) in [6.45, 7) is 8.55. The van der Waals surface area contributed by atoms with E-state index in [1.807, 2.05) is 20.8 Å². The summed E-state index contributed by atoms with van der Waals surface area (Å²) in [6, 6.07) is 2.10. The van der Waals surface area contributed by atoms with Crippen LogP contribution in [0.3, 0.4) is 0 Å². The molecule has 0 saturated heterocycles. The molecule has 25 heavy (non-hydrogen) atoms. The van der Waals surface area contributed by atoms with E-state index in [-0.39, 0.29) is 41.7 Å². The first-order valence-electron chi connectivity index (χ1n) is 8.88. The second-order valence-electron chi connectivity index (χ2n) is 6.98. The van der Waals surface area contributed by atoms with Gasteiger partial charge in [-0.25, -0.2) is 0 Å². The monoisotopic (exact) mass is 344 g/mol. The van der Waals surface area contributed by atoms with Gasteiger partial charge in [-0.3, -0.25) is 9.59 Å². The molecule has 0 heterocycles. The van der Waals surface area contributed by atoms with Crippen LogP contribution in [-0.2, 0) is 20.9 Å². The minimum atomic E-state index is -0.236. The van der Waals surface area contributed by atoms with Gasteiger partial charge in [0.2, 0.25) is 0 Å². The summed E-state index contributed by atoms with van der Waals surface area (Å²) in [6.07, 6.45) is 1.62. The number of methoxy groups -OCH3 is 1. The van der Waals surface area contributed by atoms with Crippen LogP contribution in [0.5, 0.6) is 0 Å². The van der Waals surface area contributed by atoms with Crippen LogP contribution in [-0.4, -0.2) is 23.8 Å². The summed E-state index contributed by atoms with van der Waals surface area (Å²) in [7, 11) is 1.67. The summed E-state index contributed by atoms with van der Waals surface area (Å²) in [5, 5.41) is 10.1. The van der Waals surface area contributed by atoms with Crippen LogP contribution in [0.1, 0.15) is 66.3 Å². The molecule has 4 heteroatoms. The molecular weight excluding hydrogens is 316 g/mol. The maximum Gasteiger partial charge on any atom is 0.170 e. The molecule has 1 aliphatic carbocycles. The van der Waals surface area contributed by atoms with Gasteiger partial charge in [0.15, 0.2) is 11.6 Å². The largest absolute Gasteiger partial charge is 0.511 e. The van der Waals surface area contributed by atoms with Crippen LogP contribution < -0.4 is 0 Å². The second kappa shape index (κ2) is 7.96. The van der Waals surface area contributed by atoms with Crippen molar-refractivity contribution in [1.29, 1.82) is 0 Å². The van der Waals surface area contributed by atoms with Crippen molar-refractivity contribution in [2.75, 3.05) is 7.11 Å². The van der Waals surface area contributed by atoms with E-state index >= 15 is 0 Å². The Kier molecular flexibility index (Phi) is 6.17. The highest BCUT2D eigenvalue weighted by atomic mass is 16.5. The van der Waals surface area contributed by atoms with Crippen LogP contribution in [0.15, 0.2) is 17.4 Å². The molecule has 1 aliphatic rings. The van der Waals surface area contributed by atoms with E-state index in [1.165, 1.54) is 0 Å². The molecular formula is C21H28O4. The lowest BCUT2D eigenvalue weighted by Gasteiger charge is -2.27. The van der Waals surface area contributed by atoms with E-state index < -0.39 is 0 Å². The molecule has 0 unspecified atom stereocenters. The third-order valence-corrected chi connectivity index (χ3v) is 5.08. The van der Waals surface area contributed by atoms with Crippen molar-refractivity contribution < 1.29 is 19.4 Å². The first-order chi connectivity index (χ1) is 11.8. The van der Waals surface area contributed by atoms with Crippen molar-refractivity contribution >= 4 is 11.6 Å². The van der Waals surface area contributed by atoms with E-state index in [4.69, 9.17) is 4.74 Å². The molecule has 1 saturated carbocycles. The number of hydrogen-bond acceptors (Lipinski definition) is 4. The predicted molar refractivity (Wildman–Crippen MR) is 97.9 cm³/mol. The summed E-state index contributed by atoms with van der Waals surface area (Å²) in [4.78, 5) is 25.1. The standard InChI is InChI=1S/C21H28O4/c1-6-7-17(22)21-18(23)9-15(10-19(21)24)20-13(3)8-12(2)16(11-25-5)14(20)4/h8,15,22H,6-7,9-11H2,1-5H3. The van der Waals surface area contributed by atoms with E-state index in [9.17, 15) is 14.7 Å². The lowest BCUT2D eigenvalue weighted by molar-refractivity contribution is -0.124. The Labute approximate surface area is 149 Å². The number of hydrogen-bond donors (Lipinski definition) is 1. The highest BCUT2D eigenvalue weighted by Crippen LogP contribution is 2.38. The molecule has 0 spiro atoms. The van der Waals surface area contributed by atoms with Gasteiger partial charge in [-0.2, -0.15) is 0 Å². The van der Waals surface area contributed by atoms with E-state index in [1.54, 1.807) is 7.11 Å². The number of aliphatic hydroxyl groups is 1. The Morgan fingerprint density at radius 2 is 1.76 bits per heavy atom. The van der Waals surface area contributed by atoms with Crippen molar-refractivity contribution in [3.63, 3.8) is 0 Å². The SMILES string of the molecule is CCCC(O)=C1C(=O)CC(c2c(C)cc(C)c(COC)c2C)CC1=O.